The minimum atomic E-state index is -3.25. The monoisotopic (exact) mass is 311 g/mol. The topological polar surface area (TPSA) is 60.2 Å². The molecule has 2 N–H and O–H groups in total. The van der Waals surface area contributed by atoms with Gasteiger partial charge in [0.15, 0.2) is 21.5 Å². The Labute approximate surface area is 122 Å². The Kier molecular flexibility index (Phi) is 4.39. The maximum absolute atomic E-state index is 13.1. The lowest BCUT2D eigenvalue weighted by atomic mass is 10.00. The second-order valence-electron chi connectivity index (χ2n) is 4.90. The number of hydrogen-bond donors (Lipinski definition) is 1. The number of nitrogens with two attached hydrogens (primary N) is 1. The Morgan fingerprint density at radius 1 is 1.05 bits per heavy atom. The van der Waals surface area contributed by atoms with Crippen LogP contribution in [0.2, 0.25) is 0 Å². The molecule has 0 bridgehead atoms. The molecule has 3 nitrogen and oxygen atoms in total. The molecule has 0 radical (unpaired) electrons. The summed E-state index contributed by atoms with van der Waals surface area (Å²) >= 11 is 0. The van der Waals surface area contributed by atoms with Gasteiger partial charge in [0.05, 0.1) is 4.90 Å². The number of rotatable bonds is 4. The van der Waals surface area contributed by atoms with E-state index >= 15 is 0 Å². The average molecular weight is 311 g/mol. The molecule has 0 amide bonds. The fourth-order valence-electron chi connectivity index (χ4n) is 2.00. The summed E-state index contributed by atoms with van der Waals surface area (Å²) in [6.07, 6.45) is 1.46. The van der Waals surface area contributed by atoms with E-state index in [1.807, 2.05) is 0 Å². The molecular formula is C15H15F2NO2S. The van der Waals surface area contributed by atoms with E-state index in [1.54, 1.807) is 12.1 Å². The minimum Gasteiger partial charge on any atom is -0.324 e. The van der Waals surface area contributed by atoms with Crippen LogP contribution in [0.25, 0.3) is 0 Å². The van der Waals surface area contributed by atoms with Gasteiger partial charge in [-0.25, -0.2) is 17.2 Å². The Morgan fingerprint density at radius 2 is 1.67 bits per heavy atom. The van der Waals surface area contributed by atoms with Crippen molar-refractivity contribution in [3.05, 3.63) is 65.2 Å². The highest BCUT2D eigenvalue weighted by Gasteiger charge is 2.11. The van der Waals surface area contributed by atoms with Gasteiger partial charge in [0.2, 0.25) is 0 Å². The predicted octanol–water partition coefficient (Wildman–Crippen LogP) is 2.61. The van der Waals surface area contributed by atoms with Crippen LogP contribution in [0.15, 0.2) is 47.4 Å². The number of hydrogen-bond acceptors (Lipinski definition) is 3. The number of benzene rings is 2. The first-order chi connectivity index (χ1) is 9.77. The van der Waals surface area contributed by atoms with E-state index in [2.05, 4.69) is 0 Å². The molecule has 112 valence electrons. The Balaban J connectivity index is 2.16. The van der Waals surface area contributed by atoms with Crippen molar-refractivity contribution in [2.75, 3.05) is 6.26 Å². The third kappa shape index (κ3) is 3.86. The minimum absolute atomic E-state index is 0.214. The summed E-state index contributed by atoms with van der Waals surface area (Å²) in [5, 5.41) is 0. The van der Waals surface area contributed by atoms with Crippen molar-refractivity contribution in [3.8, 4) is 0 Å². The Morgan fingerprint density at radius 3 is 2.19 bits per heavy atom. The van der Waals surface area contributed by atoms with Gasteiger partial charge >= 0.3 is 0 Å². The highest BCUT2D eigenvalue weighted by Crippen LogP contribution is 2.19. The lowest BCUT2D eigenvalue weighted by Crippen LogP contribution is -2.13. The van der Waals surface area contributed by atoms with Gasteiger partial charge < -0.3 is 5.73 Å². The number of sulfone groups is 1. The molecule has 0 saturated carbocycles. The van der Waals surface area contributed by atoms with E-state index in [9.17, 15) is 17.2 Å². The zero-order chi connectivity index (χ0) is 15.6. The third-order valence-corrected chi connectivity index (χ3v) is 4.30. The molecule has 2 aromatic carbocycles. The van der Waals surface area contributed by atoms with Gasteiger partial charge in [0.1, 0.15) is 0 Å². The van der Waals surface area contributed by atoms with Crippen LogP contribution in [0.3, 0.4) is 0 Å². The maximum Gasteiger partial charge on any atom is 0.175 e. The number of halogens is 2. The fourth-order valence-corrected chi connectivity index (χ4v) is 2.63. The highest BCUT2D eigenvalue weighted by molar-refractivity contribution is 7.90. The van der Waals surface area contributed by atoms with Crippen LogP contribution in [-0.4, -0.2) is 14.7 Å². The van der Waals surface area contributed by atoms with Crippen LogP contribution >= 0.6 is 0 Å². The van der Waals surface area contributed by atoms with Gasteiger partial charge in [-0.15, -0.1) is 0 Å². The summed E-state index contributed by atoms with van der Waals surface area (Å²) in [6.45, 7) is 0. The van der Waals surface area contributed by atoms with Crippen molar-refractivity contribution in [3.63, 3.8) is 0 Å². The molecule has 0 aliphatic carbocycles. The van der Waals surface area contributed by atoms with E-state index in [0.29, 0.717) is 12.0 Å². The van der Waals surface area contributed by atoms with E-state index in [4.69, 9.17) is 5.73 Å². The average Bonchev–Trinajstić information content (AvgIpc) is 2.42. The molecule has 2 rings (SSSR count). The van der Waals surface area contributed by atoms with Crippen molar-refractivity contribution < 1.29 is 17.2 Å². The molecule has 0 saturated heterocycles. The van der Waals surface area contributed by atoms with Crippen LogP contribution in [0.5, 0.6) is 0 Å². The molecule has 0 heterocycles. The van der Waals surface area contributed by atoms with Crippen molar-refractivity contribution in [2.24, 2.45) is 5.73 Å². The first-order valence-electron chi connectivity index (χ1n) is 6.27. The summed E-state index contributed by atoms with van der Waals surface area (Å²) in [4.78, 5) is 0.214. The predicted molar refractivity (Wildman–Crippen MR) is 76.5 cm³/mol. The second-order valence-corrected chi connectivity index (χ2v) is 6.92. The van der Waals surface area contributed by atoms with Crippen molar-refractivity contribution in [1.82, 2.24) is 0 Å². The first-order valence-corrected chi connectivity index (χ1v) is 8.16. The van der Waals surface area contributed by atoms with Gasteiger partial charge in [-0.1, -0.05) is 18.2 Å². The lowest BCUT2D eigenvalue weighted by molar-refractivity contribution is 0.506. The molecule has 0 aliphatic rings. The maximum atomic E-state index is 13.1. The van der Waals surface area contributed by atoms with Gasteiger partial charge in [-0.05, 0) is 41.8 Å². The van der Waals surface area contributed by atoms with Crippen molar-refractivity contribution in [2.45, 2.75) is 17.4 Å². The van der Waals surface area contributed by atoms with Crippen LogP contribution in [0.4, 0.5) is 8.78 Å². The third-order valence-electron chi connectivity index (χ3n) is 3.18. The van der Waals surface area contributed by atoms with Crippen LogP contribution in [-0.2, 0) is 16.3 Å². The summed E-state index contributed by atoms with van der Waals surface area (Å²) in [7, 11) is -3.25. The van der Waals surface area contributed by atoms with E-state index in [-0.39, 0.29) is 4.90 Å². The standard InChI is InChI=1S/C15H15F2NO2S/c1-21(19,20)12-5-3-11(4-6-12)15(18)9-10-2-7-13(16)14(17)8-10/h2-8,15H,9,18H2,1H3. The molecule has 2 aromatic rings. The molecule has 1 atom stereocenters. The lowest BCUT2D eigenvalue weighted by Gasteiger charge is -2.13. The molecule has 0 spiro atoms. The van der Waals surface area contributed by atoms with Gasteiger partial charge in [-0.2, -0.15) is 0 Å². The second kappa shape index (κ2) is 5.91. The largest absolute Gasteiger partial charge is 0.324 e. The van der Waals surface area contributed by atoms with Crippen LogP contribution in [0, 0.1) is 11.6 Å². The molecular weight excluding hydrogens is 296 g/mol. The summed E-state index contributed by atoms with van der Waals surface area (Å²) in [6, 6.07) is 9.43. The molecule has 21 heavy (non-hydrogen) atoms. The molecule has 0 aliphatic heterocycles. The van der Waals surface area contributed by atoms with E-state index < -0.39 is 27.5 Å². The quantitative estimate of drug-likeness (QED) is 0.944. The van der Waals surface area contributed by atoms with Crippen molar-refractivity contribution in [1.29, 1.82) is 0 Å². The van der Waals surface area contributed by atoms with Crippen molar-refractivity contribution >= 4 is 9.84 Å². The van der Waals surface area contributed by atoms with E-state index in [1.165, 1.54) is 18.2 Å². The smallest absolute Gasteiger partial charge is 0.175 e. The van der Waals surface area contributed by atoms with Gasteiger partial charge in [0, 0.05) is 12.3 Å². The summed E-state index contributed by atoms with van der Waals surface area (Å²) in [5.41, 5.74) is 7.31. The first kappa shape index (κ1) is 15.6. The summed E-state index contributed by atoms with van der Waals surface area (Å²) in [5.74, 6) is -1.81. The zero-order valence-corrected chi connectivity index (χ0v) is 12.2. The Hall–Kier alpha value is -1.79. The highest BCUT2D eigenvalue weighted by atomic mass is 32.2. The zero-order valence-electron chi connectivity index (χ0n) is 11.4. The Bertz CT molecular complexity index is 743. The normalized spacial score (nSPS) is 13.1. The molecule has 1 unspecified atom stereocenters. The molecule has 0 fully saturated rings. The van der Waals surface area contributed by atoms with Gasteiger partial charge in [-0.3, -0.25) is 0 Å². The fraction of sp³-hybridized carbons (Fsp3) is 0.200. The van der Waals surface area contributed by atoms with E-state index in [0.717, 1.165) is 24.0 Å². The van der Waals surface area contributed by atoms with Crippen LogP contribution < -0.4 is 5.73 Å². The molecule has 6 heteroatoms. The van der Waals surface area contributed by atoms with Gasteiger partial charge in [0.25, 0.3) is 0 Å². The van der Waals surface area contributed by atoms with Crippen LogP contribution in [0.1, 0.15) is 17.2 Å². The summed E-state index contributed by atoms with van der Waals surface area (Å²) < 4.78 is 48.7. The SMILES string of the molecule is CS(=O)(=O)c1ccc(C(N)Cc2ccc(F)c(F)c2)cc1. The molecule has 0 aromatic heterocycles.